The predicted molar refractivity (Wildman–Crippen MR) is 86.1 cm³/mol. The van der Waals surface area contributed by atoms with Crippen LogP contribution < -0.4 is 5.32 Å². The highest BCUT2D eigenvalue weighted by atomic mass is 35.5. The Balaban J connectivity index is 2.04. The van der Waals surface area contributed by atoms with Crippen molar-refractivity contribution in [3.63, 3.8) is 0 Å². The zero-order valence-corrected chi connectivity index (χ0v) is 12.5. The van der Waals surface area contributed by atoms with Crippen molar-refractivity contribution in [3.8, 4) is 0 Å². The first-order chi connectivity index (χ1) is 10.5. The lowest BCUT2D eigenvalue weighted by molar-refractivity contribution is -0.384. The number of nitrogens with one attached hydrogen (secondary N) is 1. The molecule has 2 aromatic rings. The number of hydrogen-bond acceptors (Lipinski definition) is 3. The highest BCUT2D eigenvalue weighted by Gasteiger charge is 2.27. The first kappa shape index (κ1) is 14.6. The molecule has 22 heavy (non-hydrogen) atoms. The monoisotopic (exact) mass is 334 g/mol. The Bertz CT molecular complexity index is 829. The first-order valence-electron chi connectivity index (χ1n) is 6.23. The van der Waals surface area contributed by atoms with Crippen LogP contribution in [0.2, 0.25) is 10.0 Å². The van der Waals surface area contributed by atoms with Gasteiger partial charge in [0.15, 0.2) is 0 Å². The van der Waals surface area contributed by atoms with Crippen molar-refractivity contribution in [1.29, 1.82) is 0 Å². The van der Waals surface area contributed by atoms with Crippen LogP contribution in [0.25, 0.3) is 11.6 Å². The largest absolute Gasteiger partial charge is 0.320 e. The van der Waals surface area contributed by atoms with Crippen LogP contribution in [0.3, 0.4) is 0 Å². The van der Waals surface area contributed by atoms with Gasteiger partial charge in [0.2, 0.25) is 0 Å². The van der Waals surface area contributed by atoms with Crippen molar-refractivity contribution in [2.45, 2.75) is 0 Å². The molecule has 7 heteroatoms. The summed E-state index contributed by atoms with van der Waals surface area (Å²) in [6.07, 6.45) is 1.65. The molecule has 0 aromatic heterocycles. The number of carbonyl (C=O) groups is 1. The van der Waals surface area contributed by atoms with Gasteiger partial charge in [-0.3, -0.25) is 14.9 Å². The number of nitrogens with zero attached hydrogens (tertiary/aromatic N) is 1. The molecule has 0 bridgehead atoms. The molecule has 3 rings (SSSR count). The molecule has 0 fully saturated rings. The van der Waals surface area contributed by atoms with E-state index in [9.17, 15) is 14.9 Å². The molecule has 0 unspecified atom stereocenters. The Morgan fingerprint density at radius 1 is 1.09 bits per heavy atom. The lowest BCUT2D eigenvalue weighted by Crippen LogP contribution is -2.03. The van der Waals surface area contributed by atoms with Crippen molar-refractivity contribution >= 4 is 52.1 Å². The number of fused-ring (bicyclic) bond motifs is 1. The number of benzene rings is 2. The molecule has 1 aliphatic heterocycles. The van der Waals surface area contributed by atoms with Crippen LogP contribution in [0, 0.1) is 10.1 Å². The van der Waals surface area contributed by atoms with Crippen LogP contribution in [0.5, 0.6) is 0 Å². The third kappa shape index (κ3) is 2.45. The van der Waals surface area contributed by atoms with Crippen LogP contribution in [-0.2, 0) is 4.79 Å². The number of hydrogen-bond donors (Lipinski definition) is 1. The van der Waals surface area contributed by atoms with E-state index in [1.54, 1.807) is 30.3 Å². The second-order valence-corrected chi connectivity index (χ2v) is 5.43. The van der Waals surface area contributed by atoms with E-state index in [2.05, 4.69) is 5.32 Å². The van der Waals surface area contributed by atoms with Gasteiger partial charge in [0.25, 0.3) is 11.6 Å². The summed E-state index contributed by atoms with van der Waals surface area (Å²) in [6, 6.07) is 9.25. The molecule has 0 saturated carbocycles. The Kier molecular flexibility index (Phi) is 3.60. The lowest BCUT2D eigenvalue weighted by atomic mass is 10.0. The SMILES string of the molecule is O=C1Nc2c(ccc(Cl)c2Cl)/C1=C/c1ccc([N+](=O)[O-])cc1. The summed E-state index contributed by atoms with van der Waals surface area (Å²) < 4.78 is 0. The number of rotatable bonds is 2. The third-order valence-corrected chi connectivity index (χ3v) is 4.09. The average molecular weight is 335 g/mol. The van der Waals surface area contributed by atoms with Gasteiger partial charge in [-0.1, -0.05) is 29.3 Å². The van der Waals surface area contributed by atoms with Gasteiger partial charge in [-0.05, 0) is 29.8 Å². The second-order valence-electron chi connectivity index (χ2n) is 4.64. The Morgan fingerprint density at radius 3 is 2.41 bits per heavy atom. The number of halogens is 2. The number of carbonyl (C=O) groups excluding carboxylic acids is 1. The van der Waals surface area contributed by atoms with Crippen molar-refractivity contribution in [2.24, 2.45) is 0 Å². The smallest absolute Gasteiger partial charge is 0.269 e. The van der Waals surface area contributed by atoms with Gasteiger partial charge < -0.3 is 5.32 Å². The molecule has 0 aliphatic carbocycles. The summed E-state index contributed by atoms with van der Waals surface area (Å²) in [6.45, 7) is 0. The van der Waals surface area contributed by atoms with Crippen LogP contribution in [0.4, 0.5) is 11.4 Å². The molecule has 0 saturated heterocycles. The molecule has 2 aromatic carbocycles. The van der Waals surface area contributed by atoms with E-state index in [0.717, 1.165) is 0 Å². The fourth-order valence-electron chi connectivity index (χ4n) is 2.20. The quantitative estimate of drug-likeness (QED) is 0.502. The summed E-state index contributed by atoms with van der Waals surface area (Å²) in [5, 5.41) is 14.0. The fraction of sp³-hybridized carbons (Fsp3) is 0. The second kappa shape index (κ2) is 5.44. The zero-order valence-electron chi connectivity index (χ0n) is 11.0. The Hall–Kier alpha value is -2.37. The molecule has 1 heterocycles. The molecule has 1 aliphatic rings. The third-order valence-electron chi connectivity index (χ3n) is 3.28. The Morgan fingerprint density at radius 2 is 1.77 bits per heavy atom. The summed E-state index contributed by atoms with van der Waals surface area (Å²) >= 11 is 12.0. The van der Waals surface area contributed by atoms with E-state index in [1.807, 2.05) is 0 Å². The molecular weight excluding hydrogens is 327 g/mol. The minimum absolute atomic E-state index is 0.00625. The maximum Gasteiger partial charge on any atom is 0.269 e. The van der Waals surface area contributed by atoms with E-state index >= 15 is 0 Å². The summed E-state index contributed by atoms with van der Waals surface area (Å²) in [5.41, 5.74) is 2.23. The molecule has 0 spiro atoms. The van der Waals surface area contributed by atoms with E-state index in [1.165, 1.54) is 12.1 Å². The van der Waals surface area contributed by atoms with Gasteiger partial charge in [0, 0.05) is 23.3 Å². The maximum atomic E-state index is 12.1. The molecular formula is C15H8Cl2N2O3. The van der Waals surface area contributed by atoms with E-state index in [4.69, 9.17) is 23.2 Å². The van der Waals surface area contributed by atoms with E-state index in [-0.39, 0.29) is 11.6 Å². The number of amides is 1. The van der Waals surface area contributed by atoms with Crippen LogP contribution in [0.1, 0.15) is 11.1 Å². The lowest BCUT2D eigenvalue weighted by Gasteiger charge is -2.02. The minimum atomic E-state index is -0.476. The van der Waals surface area contributed by atoms with Crippen molar-refractivity contribution < 1.29 is 9.72 Å². The number of anilines is 1. The number of non-ortho nitro benzene ring substituents is 1. The average Bonchev–Trinajstić information content (AvgIpc) is 2.81. The van der Waals surface area contributed by atoms with Crippen LogP contribution in [-0.4, -0.2) is 10.8 Å². The van der Waals surface area contributed by atoms with Gasteiger partial charge >= 0.3 is 0 Å². The van der Waals surface area contributed by atoms with Gasteiger partial charge in [-0.2, -0.15) is 0 Å². The molecule has 1 amide bonds. The summed E-state index contributed by atoms with van der Waals surface area (Å²) in [7, 11) is 0. The van der Waals surface area contributed by atoms with Gasteiger partial charge in [0.1, 0.15) is 0 Å². The van der Waals surface area contributed by atoms with Gasteiger partial charge in [0.05, 0.1) is 20.7 Å². The molecule has 0 atom stereocenters. The fourth-order valence-corrected chi connectivity index (χ4v) is 2.57. The van der Waals surface area contributed by atoms with E-state index in [0.29, 0.717) is 32.4 Å². The van der Waals surface area contributed by atoms with E-state index < -0.39 is 4.92 Å². The highest BCUT2D eigenvalue weighted by Crippen LogP contribution is 2.41. The summed E-state index contributed by atoms with van der Waals surface area (Å²) in [5.74, 6) is -0.294. The Labute approximate surface area is 135 Å². The normalized spacial score (nSPS) is 14.8. The number of nitro benzene ring substituents is 1. The van der Waals surface area contributed by atoms with Crippen LogP contribution >= 0.6 is 23.2 Å². The van der Waals surface area contributed by atoms with Gasteiger partial charge in [-0.15, -0.1) is 0 Å². The number of nitro groups is 1. The van der Waals surface area contributed by atoms with Crippen LogP contribution in [0.15, 0.2) is 36.4 Å². The van der Waals surface area contributed by atoms with Crippen molar-refractivity contribution in [3.05, 3.63) is 67.7 Å². The summed E-state index contributed by atoms with van der Waals surface area (Å²) in [4.78, 5) is 22.2. The van der Waals surface area contributed by atoms with Gasteiger partial charge in [-0.25, -0.2) is 0 Å². The molecule has 0 radical (unpaired) electrons. The topological polar surface area (TPSA) is 72.2 Å². The minimum Gasteiger partial charge on any atom is -0.320 e. The van der Waals surface area contributed by atoms with Crippen molar-refractivity contribution in [2.75, 3.05) is 5.32 Å². The molecule has 1 N–H and O–H groups in total. The molecule has 110 valence electrons. The first-order valence-corrected chi connectivity index (χ1v) is 6.99. The van der Waals surface area contributed by atoms with Crippen molar-refractivity contribution in [1.82, 2.24) is 0 Å². The highest BCUT2D eigenvalue weighted by molar-refractivity contribution is 6.47. The maximum absolute atomic E-state index is 12.1. The zero-order chi connectivity index (χ0) is 15.9. The predicted octanol–water partition coefficient (Wildman–Crippen LogP) is 4.39. The molecule has 5 nitrogen and oxygen atoms in total. The standard InChI is InChI=1S/C15H8Cl2N2O3/c16-12-6-5-10-11(15(20)18-14(10)13(12)17)7-8-1-3-9(4-2-8)19(21)22/h1-7H,(H,18,20)/b11-7-.